The highest BCUT2D eigenvalue weighted by Gasteiger charge is 2.71. The Bertz CT molecular complexity index is 1140. The molecule has 0 heterocycles. The zero-order valence-electron chi connectivity index (χ0n) is 18.6. The summed E-state index contributed by atoms with van der Waals surface area (Å²) >= 11 is 12.3. The van der Waals surface area contributed by atoms with Gasteiger partial charge in [-0.05, 0) is 55.0 Å². The molecule has 2 fully saturated rings. The SMILES string of the molecule is Cc1c(Cl)cccc1NC(=O)C12CCC(C)(C(=NOC(=O)c3ccccc3Cl)C1)C2(C)C. The second kappa shape index (κ2) is 7.89. The molecule has 2 atom stereocenters. The average Bonchev–Trinajstić information content (AvgIpc) is 3.06. The normalized spacial score (nSPS) is 26.9. The molecule has 0 aliphatic heterocycles. The summed E-state index contributed by atoms with van der Waals surface area (Å²) in [6, 6.07) is 12.2. The van der Waals surface area contributed by atoms with Crippen LogP contribution >= 0.6 is 23.2 Å². The molecule has 2 aromatic carbocycles. The van der Waals surface area contributed by atoms with E-state index in [0.29, 0.717) is 22.2 Å². The van der Waals surface area contributed by atoms with Crippen molar-refractivity contribution in [2.75, 3.05) is 5.32 Å². The summed E-state index contributed by atoms with van der Waals surface area (Å²) in [5.41, 5.74) is 1.12. The maximum atomic E-state index is 13.6. The topological polar surface area (TPSA) is 67.8 Å². The highest BCUT2D eigenvalue weighted by atomic mass is 35.5. The monoisotopic (exact) mass is 472 g/mol. The van der Waals surface area contributed by atoms with Crippen LogP contribution in [-0.2, 0) is 9.63 Å². The number of halogens is 2. The fourth-order valence-corrected chi connectivity index (χ4v) is 5.67. The molecule has 2 aromatic rings. The first-order chi connectivity index (χ1) is 15.0. The Morgan fingerprint density at radius 3 is 2.41 bits per heavy atom. The van der Waals surface area contributed by atoms with Gasteiger partial charge in [-0.2, -0.15) is 0 Å². The van der Waals surface area contributed by atoms with E-state index in [1.54, 1.807) is 30.3 Å². The standard InChI is InChI=1S/C25H26Cl2N2O3/c1-15-17(26)10-7-11-19(15)28-22(31)25-13-12-24(4,23(25,2)3)20(14-25)29-32-21(30)16-8-5-6-9-18(16)27/h5-11H,12-14H2,1-4H3,(H,28,31). The fraction of sp³-hybridized carbons (Fsp3) is 0.400. The van der Waals surface area contributed by atoms with E-state index >= 15 is 0 Å². The lowest BCUT2D eigenvalue weighted by Gasteiger charge is -2.39. The van der Waals surface area contributed by atoms with Gasteiger partial charge in [0.15, 0.2) is 0 Å². The second-order valence-corrected chi connectivity index (χ2v) is 10.3. The Morgan fingerprint density at radius 2 is 1.69 bits per heavy atom. The van der Waals surface area contributed by atoms with Crippen molar-refractivity contribution in [3.8, 4) is 0 Å². The lowest BCUT2D eigenvalue weighted by Crippen LogP contribution is -2.43. The van der Waals surface area contributed by atoms with E-state index in [1.807, 2.05) is 19.1 Å². The van der Waals surface area contributed by atoms with Gasteiger partial charge in [-0.1, -0.05) is 67.3 Å². The van der Waals surface area contributed by atoms with Gasteiger partial charge in [-0.25, -0.2) is 4.79 Å². The molecule has 0 spiro atoms. The molecule has 2 unspecified atom stereocenters. The Kier molecular flexibility index (Phi) is 5.62. The highest BCUT2D eigenvalue weighted by Crippen LogP contribution is 2.71. The minimum absolute atomic E-state index is 0.0563. The minimum atomic E-state index is -0.661. The molecule has 4 rings (SSSR count). The molecule has 0 saturated heterocycles. The Balaban J connectivity index is 1.62. The molecule has 0 radical (unpaired) electrons. The van der Waals surface area contributed by atoms with E-state index in [1.165, 1.54) is 0 Å². The van der Waals surface area contributed by atoms with Gasteiger partial charge in [0.1, 0.15) is 0 Å². The number of carbonyl (C=O) groups excluding carboxylic acids is 2. The molecule has 5 nitrogen and oxygen atoms in total. The van der Waals surface area contributed by atoms with Crippen LogP contribution < -0.4 is 5.32 Å². The third-order valence-electron chi connectivity index (χ3n) is 8.02. The van der Waals surface area contributed by atoms with Crippen molar-refractivity contribution in [3.05, 3.63) is 63.6 Å². The maximum Gasteiger partial charge on any atom is 0.367 e. The van der Waals surface area contributed by atoms with Crippen LogP contribution in [0.2, 0.25) is 10.0 Å². The summed E-state index contributed by atoms with van der Waals surface area (Å²) in [7, 11) is 0. The Hall–Kier alpha value is -2.37. The van der Waals surface area contributed by atoms with Crippen LogP contribution in [0.4, 0.5) is 5.69 Å². The maximum absolute atomic E-state index is 13.6. The van der Waals surface area contributed by atoms with Gasteiger partial charge in [-0.15, -0.1) is 0 Å². The number of oxime groups is 1. The number of hydrogen-bond acceptors (Lipinski definition) is 4. The summed E-state index contributed by atoms with van der Waals surface area (Å²) in [6.45, 7) is 8.18. The number of nitrogens with one attached hydrogen (secondary N) is 1. The molecule has 2 aliphatic carbocycles. The van der Waals surface area contributed by atoms with Gasteiger partial charge in [0.25, 0.3) is 0 Å². The van der Waals surface area contributed by atoms with E-state index in [0.717, 1.165) is 24.1 Å². The molecule has 2 saturated carbocycles. The van der Waals surface area contributed by atoms with Crippen molar-refractivity contribution in [1.29, 1.82) is 0 Å². The molecule has 1 N–H and O–H groups in total. The van der Waals surface area contributed by atoms with Crippen LogP contribution in [0, 0.1) is 23.2 Å². The van der Waals surface area contributed by atoms with Crippen LogP contribution in [0.15, 0.2) is 47.6 Å². The number of hydrogen-bond donors (Lipinski definition) is 1. The molecular formula is C25H26Cl2N2O3. The molecule has 2 bridgehead atoms. The number of carbonyl (C=O) groups is 2. The lowest BCUT2D eigenvalue weighted by atomic mass is 9.64. The van der Waals surface area contributed by atoms with Crippen LogP contribution in [0.25, 0.3) is 0 Å². The van der Waals surface area contributed by atoms with Gasteiger partial charge in [0.05, 0.1) is 21.7 Å². The first kappa shape index (κ1) is 22.8. The first-order valence-electron chi connectivity index (χ1n) is 10.6. The third kappa shape index (κ3) is 3.25. The largest absolute Gasteiger partial charge is 0.367 e. The predicted molar refractivity (Wildman–Crippen MR) is 127 cm³/mol. The fourth-order valence-electron chi connectivity index (χ4n) is 5.28. The Morgan fingerprint density at radius 1 is 1.00 bits per heavy atom. The molecule has 7 heteroatoms. The van der Waals surface area contributed by atoms with E-state index in [9.17, 15) is 9.59 Å². The molecule has 1 amide bonds. The predicted octanol–water partition coefficient (Wildman–Crippen LogP) is 6.67. The molecular weight excluding hydrogens is 447 g/mol. The van der Waals surface area contributed by atoms with Crippen molar-refractivity contribution in [3.63, 3.8) is 0 Å². The van der Waals surface area contributed by atoms with Gasteiger partial charge >= 0.3 is 5.97 Å². The molecule has 32 heavy (non-hydrogen) atoms. The van der Waals surface area contributed by atoms with Gasteiger partial charge in [0, 0.05) is 22.5 Å². The average molecular weight is 473 g/mol. The minimum Gasteiger partial charge on any atom is -0.325 e. The van der Waals surface area contributed by atoms with Gasteiger partial charge in [-0.3, -0.25) is 4.79 Å². The van der Waals surface area contributed by atoms with Crippen molar-refractivity contribution in [2.45, 2.75) is 47.0 Å². The van der Waals surface area contributed by atoms with Crippen molar-refractivity contribution in [1.82, 2.24) is 0 Å². The van der Waals surface area contributed by atoms with Crippen molar-refractivity contribution in [2.24, 2.45) is 21.4 Å². The van der Waals surface area contributed by atoms with E-state index in [-0.39, 0.29) is 22.3 Å². The summed E-state index contributed by atoms with van der Waals surface area (Å²) in [5.74, 6) is -0.667. The van der Waals surface area contributed by atoms with Crippen molar-refractivity contribution >= 4 is 46.5 Å². The number of rotatable bonds is 4. The highest BCUT2D eigenvalue weighted by molar-refractivity contribution is 6.33. The van der Waals surface area contributed by atoms with Gasteiger partial charge in [0.2, 0.25) is 5.91 Å². The first-order valence-corrected chi connectivity index (χ1v) is 11.4. The number of fused-ring (bicyclic) bond motifs is 2. The van der Waals surface area contributed by atoms with Crippen LogP contribution in [0.5, 0.6) is 0 Å². The number of amides is 1. The number of anilines is 1. The van der Waals surface area contributed by atoms with E-state index in [2.05, 4.69) is 31.2 Å². The van der Waals surface area contributed by atoms with E-state index < -0.39 is 11.4 Å². The zero-order valence-corrected chi connectivity index (χ0v) is 20.1. The summed E-state index contributed by atoms with van der Waals surface area (Å²) in [4.78, 5) is 31.4. The Labute approximate surface area is 198 Å². The van der Waals surface area contributed by atoms with Crippen molar-refractivity contribution < 1.29 is 14.4 Å². The molecule has 2 aliphatic rings. The number of benzene rings is 2. The number of nitrogens with zero attached hydrogens (tertiary/aromatic N) is 1. The summed E-state index contributed by atoms with van der Waals surface area (Å²) < 4.78 is 0. The zero-order chi connectivity index (χ0) is 23.3. The summed E-state index contributed by atoms with van der Waals surface area (Å²) in [6.07, 6.45) is 1.95. The summed E-state index contributed by atoms with van der Waals surface area (Å²) in [5, 5.41) is 8.28. The van der Waals surface area contributed by atoms with Crippen LogP contribution in [0.1, 0.15) is 56.0 Å². The lowest BCUT2D eigenvalue weighted by molar-refractivity contribution is -0.130. The van der Waals surface area contributed by atoms with Gasteiger partial charge < -0.3 is 10.2 Å². The van der Waals surface area contributed by atoms with Crippen LogP contribution in [0.3, 0.4) is 0 Å². The smallest absolute Gasteiger partial charge is 0.325 e. The second-order valence-electron chi connectivity index (χ2n) is 9.48. The molecule has 168 valence electrons. The molecule has 0 aromatic heterocycles. The van der Waals surface area contributed by atoms with E-state index in [4.69, 9.17) is 28.0 Å². The third-order valence-corrected chi connectivity index (χ3v) is 8.76. The van der Waals surface area contributed by atoms with Crippen LogP contribution in [-0.4, -0.2) is 17.6 Å². The quantitative estimate of drug-likeness (QED) is 0.398.